The number of rotatable bonds is 1. The number of halogens is 1. The maximum absolute atomic E-state index is 12.1. The molecule has 1 saturated heterocycles. The van der Waals surface area contributed by atoms with Crippen LogP contribution in [0.2, 0.25) is 0 Å². The van der Waals surface area contributed by atoms with E-state index in [-0.39, 0.29) is 19.0 Å². The fourth-order valence-electron chi connectivity index (χ4n) is 1.59. The van der Waals surface area contributed by atoms with Crippen LogP contribution in [0.25, 0.3) is 0 Å². The van der Waals surface area contributed by atoms with Crippen molar-refractivity contribution in [1.29, 1.82) is 0 Å². The van der Waals surface area contributed by atoms with Crippen molar-refractivity contribution in [1.82, 2.24) is 10.2 Å². The second kappa shape index (κ2) is 4.67. The van der Waals surface area contributed by atoms with E-state index in [4.69, 9.17) is 0 Å². The summed E-state index contributed by atoms with van der Waals surface area (Å²) in [4.78, 5) is 35.6. The van der Waals surface area contributed by atoms with Crippen LogP contribution in [0.15, 0.2) is 28.7 Å². The van der Waals surface area contributed by atoms with Crippen molar-refractivity contribution in [2.45, 2.75) is 0 Å². The molecule has 1 heterocycles. The lowest BCUT2D eigenvalue weighted by Gasteiger charge is -2.25. The molecule has 0 spiro atoms. The molecule has 5 nitrogen and oxygen atoms in total. The predicted octanol–water partition coefficient (Wildman–Crippen LogP) is 0.548. The third-order valence-corrected chi connectivity index (χ3v) is 3.03. The zero-order valence-electron chi connectivity index (χ0n) is 8.77. The largest absolute Gasteiger partial charge is 0.320 e. The van der Waals surface area contributed by atoms with E-state index in [2.05, 4.69) is 21.2 Å². The van der Waals surface area contributed by atoms with E-state index < -0.39 is 11.8 Å². The van der Waals surface area contributed by atoms with Gasteiger partial charge in [0.2, 0.25) is 11.8 Å². The van der Waals surface area contributed by atoms with Gasteiger partial charge in [0.25, 0.3) is 5.91 Å². The third-order valence-electron chi connectivity index (χ3n) is 2.34. The Balaban J connectivity index is 2.23. The minimum Gasteiger partial charge on any atom is -0.320 e. The van der Waals surface area contributed by atoms with Gasteiger partial charge in [-0.05, 0) is 28.1 Å². The van der Waals surface area contributed by atoms with Crippen molar-refractivity contribution >= 4 is 33.7 Å². The first-order chi connectivity index (χ1) is 8.08. The summed E-state index contributed by atoms with van der Waals surface area (Å²) in [6, 6.07) is 6.89. The standard InChI is InChI=1S/C11H9BrN2O3/c12-8-4-2-1-3-7(8)11(17)14-5-9(15)13-10(16)6-14/h1-4H,5-6H2,(H,13,15,16). The van der Waals surface area contributed by atoms with Gasteiger partial charge in [-0.3, -0.25) is 19.7 Å². The number of nitrogens with zero attached hydrogens (tertiary/aromatic N) is 1. The molecule has 1 aromatic carbocycles. The molecule has 0 unspecified atom stereocenters. The van der Waals surface area contributed by atoms with Crippen LogP contribution in [0.1, 0.15) is 10.4 Å². The molecule has 88 valence electrons. The van der Waals surface area contributed by atoms with Crippen molar-refractivity contribution in [2.24, 2.45) is 0 Å². The maximum atomic E-state index is 12.1. The van der Waals surface area contributed by atoms with E-state index in [1.54, 1.807) is 24.3 Å². The third kappa shape index (κ3) is 2.52. The molecule has 0 aromatic heterocycles. The lowest BCUT2D eigenvalue weighted by molar-refractivity contribution is -0.135. The van der Waals surface area contributed by atoms with Gasteiger partial charge in [0.05, 0.1) is 5.56 Å². The molecule has 1 N–H and O–H groups in total. The zero-order chi connectivity index (χ0) is 12.4. The molecule has 1 aliphatic heterocycles. The summed E-state index contributed by atoms with van der Waals surface area (Å²) in [6.07, 6.45) is 0. The molecular weight excluding hydrogens is 288 g/mol. The fourth-order valence-corrected chi connectivity index (χ4v) is 2.04. The van der Waals surface area contributed by atoms with Crippen LogP contribution in [0.4, 0.5) is 0 Å². The molecule has 17 heavy (non-hydrogen) atoms. The first-order valence-corrected chi connectivity index (χ1v) is 5.73. The van der Waals surface area contributed by atoms with Crippen LogP contribution in [-0.4, -0.2) is 35.7 Å². The predicted molar refractivity (Wildman–Crippen MR) is 63.2 cm³/mol. The Morgan fingerprint density at radius 2 is 1.76 bits per heavy atom. The number of piperazine rings is 1. The molecule has 0 bridgehead atoms. The summed E-state index contributed by atoms with van der Waals surface area (Å²) < 4.78 is 0.642. The maximum Gasteiger partial charge on any atom is 0.255 e. The number of carbonyl (C=O) groups excluding carboxylic acids is 3. The number of carbonyl (C=O) groups is 3. The number of amides is 3. The fraction of sp³-hybridized carbons (Fsp3) is 0.182. The van der Waals surface area contributed by atoms with Crippen molar-refractivity contribution < 1.29 is 14.4 Å². The van der Waals surface area contributed by atoms with Gasteiger partial charge in [0.15, 0.2) is 0 Å². The van der Waals surface area contributed by atoms with Crippen LogP contribution < -0.4 is 5.32 Å². The number of imide groups is 1. The SMILES string of the molecule is O=C1CN(C(=O)c2ccccc2Br)CC(=O)N1. The Labute approximate surface area is 106 Å². The molecule has 6 heteroatoms. The van der Waals surface area contributed by atoms with Gasteiger partial charge < -0.3 is 4.90 Å². The van der Waals surface area contributed by atoms with E-state index >= 15 is 0 Å². The highest BCUT2D eigenvalue weighted by molar-refractivity contribution is 9.10. The Hall–Kier alpha value is -1.69. The highest BCUT2D eigenvalue weighted by Crippen LogP contribution is 2.18. The number of hydrogen-bond acceptors (Lipinski definition) is 3. The van der Waals surface area contributed by atoms with Crippen molar-refractivity contribution in [3.05, 3.63) is 34.3 Å². The lowest BCUT2D eigenvalue weighted by Crippen LogP contribution is -2.53. The van der Waals surface area contributed by atoms with E-state index in [1.807, 2.05) is 0 Å². The summed E-state index contributed by atoms with van der Waals surface area (Å²) in [7, 11) is 0. The highest BCUT2D eigenvalue weighted by Gasteiger charge is 2.27. The molecule has 0 radical (unpaired) electrons. The number of hydrogen-bond donors (Lipinski definition) is 1. The van der Waals surface area contributed by atoms with Gasteiger partial charge in [-0.1, -0.05) is 12.1 Å². The second-order valence-electron chi connectivity index (χ2n) is 3.61. The molecule has 0 atom stereocenters. The van der Waals surface area contributed by atoms with Crippen molar-refractivity contribution in [3.63, 3.8) is 0 Å². The van der Waals surface area contributed by atoms with E-state index in [9.17, 15) is 14.4 Å². The molecule has 0 aliphatic carbocycles. The Morgan fingerprint density at radius 1 is 1.18 bits per heavy atom. The number of nitrogens with one attached hydrogen (secondary N) is 1. The first kappa shape index (κ1) is 11.8. The Kier molecular flexibility index (Phi) is 3.23. The van der Waals surface area contributed by atoms with Gasteiger partial charge in [-0.15, -0.1) is 0 Å². The minimum atomic E-state index is -0.457. The Morgan fingerprint density at radius 3 is 2.35 bits per heavy atom. The second-order valence-corrected chi connectivity index (χ2v) is 4.47. The monoisotopic (exact) mass is 296 g/mol. The average Bonchev–Trinajstić information content (AvgIpc) is 2.27. The molecule has 3 amide bonds. The summed E-state index contributed by atoms with van der Waals surface area (Å²) >= 11 is 3.26. The summed E-state index contributed by atoms with van der Waals surface area (Å²) in [5.41, 5.74) is 0.440. The molecule has 1 aromatic rings. The topological polar surface area (TPSA) is 66.5 Å². The Bertz CT molecular complexity index is 485. The quantitative estimate of drug-likeness (QED) is 0.770. The van der Waals surface area contributed by atoms with Crippen LogP contribution in [0.5, 0.6) is 0 Å². The van der Waals surface area contributed by atoms with Crippen LogP contribution in [0, 0.1) is 0 Å². The number of benzene rings is 1. The molecule has 1 fully saturated rings. The highest BCUT2D eigenvalue weighted by atomic mass is 79.9. The molecular formula is C11H9BrN2O3. The van der Waals surface area contributed by atoms with E-state index in [1.165, 1.54) is 4.90 Å². The van der Waals surface area contributed by atoms with Gasteiger partial charge in [0.1, 0.15) is 13.1 Å². The molecule has 1 aliphatic rings. The van der Waals surface area contributed by atoms with Crippen molar-refractivity contribution in [2.75, 3.05) is 13.1 Å². The molecule has 2 rings (SSSR count). The van der Waals surface area contributed by atoms with Gasteiger partial charge in [-0.25, -0.2) is 0 Å². The van der Waals surface area contributed by atoms with E-state index in [0.29, 0.717) is 10.0 Å². The van der Waals surface area contributed by atoms with E-state index in [0.717, 1.165) is 0 Å². The van der Waals surface area contributed by atoms with Gasteiger partial charge in [-0.2, -0.15) is 0 Å². The lowest BCUT2D eigenvalue weighted by atomic mass is 10.2. The van der Waals surface area contributed by atoms with Crippen molar-refractivity contribution in [3.8, 4) is 0 Å². The molecule has 0 saturated carbocycles. The smallest absolute Gasteiger partial charge is 0.255 e. The summed E-state index contributed by atoms with van der Waals surface area (Å²) in [5, 5.41) is 2.15. The van der Waals surface area contributed by atoms with Crippen LogP contribution >= 0.6 is 15.9 Å². The van der Waals surface area contributed by atoms with Crippen LogP contribution in [-0.2, 0) is 9.59 Å². The minimum absolute atomic E-state index is 0.0914. The first-order valence-electron chi connectivity index (χ1n) is 4.94. The van der Waals surface area contributed by atoms with Crippen LogP contribution in [0.3, 0.4) is 0 Å². The average molecular weight is 297 g/mol. The normalized spacial score (nSPS) is 15.7. The summed E-state index contributed by atoms with van der Waals surface area (Å²) in [6.45, 7) is -0.183. The van der Waals surface area contributed by atoms with Gasteiger partial charge >= 0.3 is 0 Å². The van der Waals surface area contributed by atoms with Gasteiger partial charge in [0, 0.05) is 4.47 Å². The zero-order valence-corrected chi connectivity index (χ0v) is 10.4. The summed E-state index contributed by atoms with van der Waals surface area (Å²) in [5.74, 6) is -1.25.